The van der Waals surface area contributed by atoms with E-state index in [9.17, 15) is 18.0 Å². The van der Waals surface area contributed by atoms with Gasteiger partial charge in [-0.2, -0.15) is 18.3 Å². The molecule has 1 aromatic carbocycles. The molecule has 2 bridgehead atoms. The number of aromatic nitrogens is 3. The number of furan rings is 1. The molecule has 1 aliphatic heterocycles. The minimum absolute atomic E-state index is 0.149. The number of piperidine rings is 1. The number of fused-ring (bicyclic) bond motifs is 4. The van der Waals surface area contributed by atoms with Gasteiger partial charge in [-0.25, -0.2) is 0 Å². The van der Waals surface area contributed by atoms with Crippen molar-refractivity contribution in [1.29, 1.82) is 0 Å². The average molecular weight is 454 g/mol. The quantitative estimate of drug-likeness (QED) is 0.423. The Bertz CT molecular complexity index is 1360. The first-order valence-corrected chi connectivity index (χ1v) is 11.0. The number of halogens is 3. The number of para-hydroxylation sites is 1. The van der Waals surface area contributed by atoms with E-state index in [1.807, 2.05) is 18.2 Å². The van der Waals surface area contributed by atoms with Gasteiger partial charge in [0.05, 0.1) is 5.52 Å². The summed E-state index contributed by atoms with van der Waals surface area (Å²) < 4.78 is 46.5. The van der Waals surface area contributed by atoms with Crippen molar-refractivity contribution in [2.75, 3.05) is 13.1 Å². The van der Waals surface area contributed by atoms with E-state index in [1.165, 1.54) is 18.5 Å². The van der Waals surface area contributed by atoms with Crippen molar-refractivity contribution in [2.24, 2.45) is 11.8 Å². The zero-order chi connectivity index (χ0) is 22.7. The Labute approximate surface area is 187 Å². The molecular formula is C24H21F3N4O2. The Morgan fingerprint density at radius 2 is 1.88 bits per heavy atom. The maximum absolute atomic E-state index is 13.3. The Kier molecular flexibility index (Phi) is 4.50. The van der Waals surface area contributed by atoms with Gasteiger partial charge in [-0.05, 0) is 43.2 Å². The predicted octanol–water partition coefficient (Wildman–Crippen LogP) is 5.28. The second-order valence-corrected chi connectivity index (χ2v) is 9.11. The Balaban J connectivity index is 1.45. The fraction of sp³-hybridized carbons (Fsp3) is 0.375. The molecule has 33 heavy (non-hydrogen) atoms. The van der Waals surface area contributed by atoms with Crippen LogP contribution in [0, 0.1) is 11.8 Å². The maximum atomic E-state index is 13.3. The number of carbonyl (C=O) groups excluding carboxylic acids is 1. The van der Waals surface area contributed by atoms with Crippen LogP contribution >= 0.6 is 0 Å². The van der Waals surface area contributed by atoms with Crippen molar-refractivity contribution in [1.82, 2.24) is 19.7 Å². The van der Waals surface area contributed by atoms with Crippen molar-refractivity contribution in [3.63, 3.8) is 0 Å². The average Bonchev–Trinajstić information content (AvgIpc) is 3.47. The molecule has 6 rings (SSSR count). The third-order valence-electron chi connectivity index (χ3n) is 6.81. The van der Waals surface area contributed by atoms with Gasteiger partial charge in [0.1, 0.15) is 29.8 Å². The van der Waals surface area contributed by atoms with Gasteiger partial charge in [-0.3, -0.25) is 14.5 Å². The lowest BCUT2D eigenvalue weighted by molar-refractivity contribution is -0.141. The number of benzene rings is 1. The van der Waals surface area contributed by atoms with Crippen LogP contribution in [-0.4, -0.2) is 44.8 Å². The molecule has 1 saturated heterocycles. The fourth-order valence-electron chi connectivity index (χ4n) is 5.37. The molecule has 4 aromatic rings. The molecule has 6 nitrogen and oxygen atoms in total. The first kappa shape index (κ1) is 20.3. The topological polar surface area (TPSA) is 64.2 Å². The minimum atomic E-state index is -4.46. The van der Waals surface area contributed by atoms with Gasteiger partial charge in [-0.15, -0.1) is 0 Å². The van der Waals surface area contributed by atoms with E-state index in [4.69, 9.17) is 4.42 Å². The fourth-order valence-corrected chi connectivity index (χ4v) is 5.37. The molecule has 1 aliphatic carbocycles. The number of carbonyl (C=O) groups is 1. The summed E-state index contributed by atoms with van der Waals surface area (Å²) >= 11 is 0. The first-order chi connectivity index (χ1) is 15.9. The minimum Gasteiger partial charge on any atom is -0.464 e. The first-order valence-electron chi connectivity index (χ1n) is 11.0. The molecule has 2 atom stereocenters. The normalized spacial score (nSPS) is 20.8. The van der Waals surface area contributed by atoms with Crippen LogP contribution < -0.4 is 0 Å². The highest BCUT2D eigenvalue weighted by Gasteiger charge is 2.36. The number of rotatable bonds is 3. The Hall–Kier alpha value is -3.36. The molecule has 0 N–H and O–H groups in total. The van der Waals surface area contributed by atoms with Gasteiger partial charge in [0, 0.05) is 35.6 Å². The van der Waals surface area contributed by atoms with E-state index in [0.29, 0.717) is 47.2 Å². The van der Waals surface area contributed by atoms with E-state index in [0.717, 1.165) is 29.3 Å². The highest BCUT2D eigenvalue weighted by atomic mass is 19.4. The third-order valence-corrected chi connectivity index (χ3v) is 6.81. The molecule has 3 aromatic heterocycles. The van der Waals surface area contributed by atoms with Crippen molar-refractivity contribution in [2.45, 2.75) is 32.0 Å². The maximum Gasteiger partial charge on any atom is 0.408 e. The number of nitrogens with zero attached hydrogens (tertiary/aromatic N) is 4. The number of alkyl halides is 3. The predicted molar refractivity (Wildman–Crippen MR) is 116 cm³/mol. The van der Waals surface area contributed by atoms with E-state index in [2.05, 4.69) is 10.1 Å². The van der Waals surface area contributed by atoms with Gasteiger partial charge < -0.3 is 9.32 Å². The van der Waals surface area contributed by atoms with Crippen molar-refractivity contribution >= 4 is 27.8 Å². The molecule has 9 heteroatoms. The van der Waals surface area contributed by atoms with Crippen LogP contribution in [0.25, 0.3) is 33.1 Å². The number of hydrogen-bond donors (Lipinski definition) is 0. The van der Waals surface area contributed by atoms with Crippen molar-refractivity contribution in [3.05, 3.63) is 48.5 Å². The van der Waals surface area contributed by atoms with Crippen LogP contribution in [0.15, 0.2) is 47.2 Å². The summed E-state index contributed by atoms with van der Waals surface area (Å²) in [6.07, 6.45) is 1.89. The molecule has 2 aliphatic rings. The summed E-state index contributed by atoms with van der Waals surface area (Å²) in [4.78, 5) is 19.3. The van der Waals surface area contributed by atoms with Gasteiger partial charge in [0.25, 0.3) is 5.91 Å². The second-order valence-electron chi connectivity index (χ2n) is 9.11. The van der Waals surface area contributed by atoms with Gasteiger partial charge >= 0.3 is 6.18 Å². The summed E-state index contributed by atoms with van der Waals surface area (Å²) in [7, 11) is 0. The van der Waals surface area contributed by atoms with E-state index in [1.54, 1.807) is 11.0 Å². The molecule has 170 valence electrons. The summed E-state index contributed by atoms with van der Waals surface area (Å²) in [5.74, 6) is 0.782. The third kappa shape index (κ3) is 3.55. The van der Waals surface area contributed by atoms with Crippen LogP contribution in [0.4, 0.5) is 13.2 Å². The lowest BCUT2D eigenvalue weighted by Crippen LogP contribution is -2.41. The van der Waals surface area contributed by atoms with Crippen LogP contribution in [-0.2, 0) is 6.54 Å². The van der Waals surface area contributed by atoms with Gasteiger partial charge in [0.15, 0.2) is 0 Å². The Morgan fingerprint density at radius 1 is 1.12 bits per heavy atom. The van der Waals surface area contributed by atoms with Crippen LogP contribution in [0.2, 0.25) is 0 Å². The molecular weight excluding hydrogens is 433 g/mol. The molecule has 2 fully saturated rings. The number of pyridine rings is 1. The molecule has 0 spiro atoms. The van der Waals surface area contributed by atoms with Crippen LogP contribution in [0.3, 0.4) is 0 Å². The van der Waals surface area contributed by atoms with Gasteiger partial charge in [0.2, 0.25) is 0 Å². The smallest absolute Gasteiger partial charge is 0.408 e. The SMILES string of the molecule is O=C(c1cc2c(cn1)c(-c1coc3ccccc13)nn2CC(F)(F)F)N1CC2CCC(C2)C1. The highest BCUT2D eigenvalue weighted by molar-refractivity contribution is 6.03. The Morgan fingerprint density at radius 3 is 2.64 bits per heavy atom. The summed E-state index contributed by atoms with van der Waals surface area (Å²) in [5, 5.41) is 5.48. The number of hydrogen-bond acceptors (Lipinski definition) is 4. The van der Waals surface area contributed by atoms with Crippen LogP contribution in [0.1, 0.15) is 29.8 Å². The van der Waals surface area contributed by atoms with Crippen molar-refractivity contribution in [3.8, 4) is 11.3 Å². The molecule has 2 unspecified atom stereocenters. The van der Waals surface area contributed by atoms with E-state index < -0.39 is 12.7 Å². The molecule has 1 saturated carbocycles. The van der Waals surface area contributed by atoms with E-state index >= 15 is 0 Å². The lowest BCUT2D eigenvalue weighted by Gasteiger charge is -2.31. The number of likely N-dealkylation sites (tertiary alicyclic amines) is 1. The monoisotopic (exact) mass is 454 g/mol. The zero-order valence-corrected chi connectivity index (χ0v) is 17.7. The summed E-state index contributed by atoms with van der Waals surface area (Å²) in [6.45, 7) is 0.108. The lowest BCUT2D eigenvalue weighted by atomic mass is 9.98. The van der Waals surface area contributed by atoms with E-state index in [-0.39, 0.29) is 17.1 Å². The summed E-state index contributed by atoms with van der Waals surface area (Å²) in [6, 6.07) is 8.71. The molecule has 4 heterocycles. The zero-order valence-electron chi connectivity index (χ0n) is 17.7. The molecule has 1 amide bonds. The van der Waals surface area contributed by atoms with Crippen LogP contribution in [0.5, 0.6) is 0 Å². The highest BCUT2D eigenvalue weighted by Crippen LogP contribution is 2.38. The standard InChI is InChI=1S/C24H21F3N4O2/c25-24(26,27)13-31-20-8-19(23(32)30-10-14-5-6-15(7-14)11-30)28-9-17(20)22(29-31)18-12-33-21-4-2-1-3-16(18)21/h1-4,8-9,12,14-15H,5-7,10-11,13H2. The number of amides is 1. The van der Waals surface area contributed by atoms with Gasteiger partial charge in [-0.1, -0.05) is 18.2 Å². The second kappa shape index (κ2) is 7.33. The van der Waals surface area contributed by atoms with Crippen molar-refractivity contribution < 1.29 is 22.4 Å². The largest absolute Gasteiger partial charge is 0.464 e. The summed E-state index contributed by atoms with van der Waals surface area (Å²) in [5.41, 5.74) is 1.93. The molecule has 0 radical (unpaired) electrons.